The van der Waals surface area contributed by atoms with E-state index >= 15 is 0 Å². The van der Waals surface area contributed by atoms with Crippen molar-refractivity contribution in [2.24, 2.45) is 0 Å². The van der Waals surface area contributed by atoms with Crippen molar-refractivity contribution in [1.29, 1.82) is 0 Å². The van der Waals surface area contributed by atoms with Gasteiger partial charge in [-0.05, 0) is 36.8 Å². The molecule has 0 spiro atoms. The number of carbonyl (C=O) groups excluding carboxylic acids is 2. The summed E-state index contributed by atoms with van der Waals surface area (Å²) in [5, 5.41) is 16.5. The van der Waals surface area contributed by atoms with Gasteiger partial charge in [0.05, 0.1) is 26.0 Å². The predicted octanol–water partition coefficient (Wildman–Crippen LogP) is 4.22. The van der Waals surface area contributed by atoms with E-state index in [-0.39, 0.29) is 42.7 Å². The molecule has 40 heavy (non-hydrogen) atoms. The zero-order chi connectivity index (χ0) is 28.4. The van der Waals surface area contributed by atoms with Gasteiger partial charge in [0.15, 0.2) is 17.6 Å². The Bertz CT molecular complexity index is 1510. The van der Waals surface area contributed by atoms with Crippen LogP contribution in [0.25, 0.3) is 0 Å². The Morgan fingerprint density at radius 2 is 2.00 bits per heavy atom. The molecule has 2 amide bonds. The van der Waals surface area contributed by atoms with Crippen LogP contribution >= 0.6 is 0 Å². The smallest absolute Gasteiger partial charge is 0.410 e. The number of methoxy groups -OCH3 is 1. The average molecular weight is 558 g/mol. The number of carbonyl (C=O) groups is 2. The number of anilines is 2. The summed E-state index contributed by atoms with van der Waals surface area (Å²) in [5.41, 5.74) is 0.986. The maximum absolute atomic E-state index is 14.0. The van der Waals surface area contributed by atoms with E-state index in [9.17, 15) is 22.8 Å². The van der Waals surface area contributed by atoms with Crippen LogP contribution in [0.4, 0.5) is 24.8 Å². The molecule has 3 N–H and O–H groups in total. The van der Waals surface area contributed by atoms with E-state index in [1.54, 1.807) is 49.4 Å². The number of fused-ring (bicyclic) bond motifs is 1. The minimum Gasteiger partial charge on any atom is -0.497 e. The van der Waals surface area contributed by atoms with Crippen molar-refractivity contribution in [3.63, 3.8) is 0 Å². The van der Waals surface area contributed by atoms with Crippen LogP contribution in [0.1, 0.15) is 46.0 Å². The van der Waals surface area contributed by atoms with E-state index < -0.39 is 24.2 Å². The molecule has 4 heterocycles. The van der Waals surface area contributed by atoms with Gasteiger partial charge in [-0.25, -0.2) is 4.68 Å². The standard InChI is InChI=1S/C26H26F3N7O4/c1-15-9-22(34-35(15)14-24(37)30-13-18-7-4-8-40-18)32-25(38)20-12-23-31-19(16-5-3-6-17(10-16)39-2)11-21(26(27,28)29)36(23)33-20/h3-10,12,19,21,31H,11,13-14H2,1-2H3,(H,30,37)(H,32,34,38). The van der Waals surface area contributed by atoms with Gasteiger partial charge in [0, 0.05) is 24.2 Å². The summed E-state index contributed by atoms with van der Waals surface area (Å²) in [4.78, 5) is 25.2. The largest absolute Gasteiger partial charge is 0.497 e. The van der Waals surface area contributed by atoms with Crippen LogP contribution in [-0.2, 0) is 17.9 Å². The van der Waals surface area contributed by atoms with Crippen LogP contribution in [-0.4, -0.2) is 44.7 Å². The summed E-state index contributed by atoms with van der Waals surface area (Å²) >= 11 is 0. The van der Waals surface area contributed by atoms with Crippen molar-refractivity contribution in [2.45, 2.75) is 44.7 Å². The number of aromatic nitrogens is 4. The van der Waals surface area contributed by atoms with Gasteiger partial charge in [0.2, 0.25) is 5.91 Å². The highest BCUT2D eigenvalue weighted by Gasteiger charge is 2.47. The summed E-state index contributed by atoms with van der Waals surface area (Å²) in [6, 6.07) is 10.4. The molecular weight excluding hydrogens is 531 g/mol. The van der Waals surface area contributed by atoms with Gasteiger partial charge in [0.25, 0.3) is 5.91 Å². The molecule has 1 aromatic carbocycles. The van der Waals surface area contributed by atoms with Crippen LogP contribution in [0.2, 0.25) is 0 Å². The molecule has 2 unspecified atom stereocenters. The monoisotopic (exact) mass is 557 g/mol. The number of amides is 2. The van der Waals surface area contributed by atoms with E-state index in [2.05, 4.69) is 26.1 Å². The Labute approximate surface area is 226 Å². The summed E-state index contributed by atoms with van der Waals surface area (Å²) < 4.78 is 54.7. The third-order valence-electron chi connectivity index (χ3n) is 6.47. The number of nitrogens with one attached hydrogen (secondary N) is 3. The second kappa shape index (κ2) is 10.8. The van der Waals surface area contributed by atoms with Crippen LogP contribution in [0.15, 0.2) is 59.2 Å². The highest BCUT2D eigenvalue weighted by atomic mass is 19.4. The van der Waals surface area contributed by atoms with Crippen molar-refractivity contribution in [3.8, 4) is 5.75 Å². The molecule has 1 aliphatic rings. The fraction of sp³-hybridized carbons (Fsp3) is 0.308. The molecule has 11 nitrogen and oxygen atoms in total. The highest BCUT2D eigenvalue weighted by molar-refractivity contribution is 6.02. The zero-order valence-electron chi connectivity index (χ0n) is 21.5. The quantitative estimate of drug-likeness (QED) is 0.296. The Balaban J connectivity index is 1.29. The molecule has 4 aromatic rings. The van der Waals surface area contributed by atoms with Crippen molar-refractivity contribution in [2.75, 3.05) is 17.7 Å². The minimum absolute atomic E-state index is 0.0569. The van der Waals surface area contributed by atoms with E-state index in [1.165, 1.54) is 24.1 Å². The van der Waals surface area contributed by atoms with Crippen molar-refractivity contribution in [1.82, 2.24) is 24.9 Å². The molecule has 210 valence electrons. The molecule has 0 radical (unpaired) electrons. The molecule has 1 aliphatic heterocycles. The topological polar surface area (TPSA) is 128 Å². The van der Waals surface area contributed by atoms with Crippen molar-refractivity contribution >= 4 is 23.5 Å². The van der Waals surface area contributed by atoms with Crippen LogP contribution in [0.5, 0.6) is 5.75 Å². The van der Waals surface area contributed by atoms with E-state index in [4.69, 9.17) is 9.15 Å². The van der Waals surface area contributed by atoms with E-state index in [0.717, 1.165) is 4.68 Å². The molecule has 0 saturated carbocycles. The minimum atomic E-state index is -4.60. The van der Waals surface area contributed by atoms with Crippen LogP contribution in [0, 0.1) is 6.92 Å². The molecule has 3 aromatic heterocycles. The molecule has 0 saturated heterocycles. The van der Waals surface area contributed by atoms with Crippen LogP contribution < -0.4 is 20.7 Å². The molecule has 2 atom stereocenters. The number of rotatable bonds is 8. The Kier molecular flexibility index (Phi) is 7.24. The van der Waals surface area contributed by atoms with Gasteiger partial charge in [-0.1, -0.05) is 12.1 Å². The number of benzene rings is 1. The summed E-state index contributed by atoms with van der Waals surface area (Å²) in [7, 11) is 1.48. The lowest BCUT2D eigenvalue weighted by Crippen LogP contribution is -2.35. The first-order valence-corrected chi connectivity index (χ1v) is 12.3. The molecule has 0 aliphatic carbocycles. The average Bonchev–Trinajstić information content (AvgIpc) is 3.67. The van der Waals surface area contributed by atoms with Gasteiger partial charge in [0.1, 0.15) is 23.9 Å². The first-order valence-electron chi connectivity index (χ1n) is 12.3. The third kappa shape index (κ3) is 5.80. The van der Waals surface area contributed by atoms with Gasteiger partial charge in [-0.2, -0.15) is 23.4 Å². The maximum atomic E-state index is 14.0. The van der Waals surface area contributed by atoms with Crippen molar-refractivity contribution < 1.29 is 31.9 Å². The Morgan fingerprint density at radius 3 is 2.73 bits per heavy atom. The summed E-state index contributed by atoms with van der Waals surface area (Å²) in [5.74, 6) is 0.236. The van der Waals surface area contributed by atoms with Gasteiger partial charge < -0.3 is 25.1 Å². The number of alkyl halides is 3. The lowest BCUT2D eigenvalue weighted by atomic mass is 9.97. The Hall–Kier alpha value is -4.75. The number of hydrogen-bond acceptors (Lipinski definition) is 7. The molecule has 5 rings (SSSR count). The van der Waals surface area contributed by atoms with E-state index in [1.807, 2.05) is 0 Å². The number of hydrogen-bond donors (Lipinski definition) is 3. The summed E-state index contributed by atoms with van der Waals surface area (Å²) in [6.07, 6.45) is -3.41. The normalized spacial score (nSPS) is 16.6. The summed E-state index contributed by atoms with van der Waals surface area (Å²) in [6.45, 7) is 1.81. The molecule has 14 heteroatoms. The number of furan rings is 1. The molecular formula is C26H26F3N7O4. The first-order chi connectivity index (χ1) is 19.1. The lowest BCUT2D eigenvalue weighted by molar-refractivity contribution is -0.173. The lowest BCUT2D eigenvalue weighted by Gasteiger charge is -2.33. The van der Waals surface area contributed by atoms with E-state index in [0.29, 0.717) is 22.8 Å². The second-order valence-corrected chi connectivity index (χ2v) is 9.26. The van der Waals surface area contributed by atoms with Gasteiger partial charge >= 0.3 is 6.18 Å². The third-order valence-corrected chi connectivity index (χ3v) is 6.47. The molecule has 0 fully saturated rings. The fourth-order valence-electron chi connectivity index (χ4n) is 4.46. The highest BCUT2D eigenvalue weighted by Crippen LogP contribution is 2.44. The predicted molar refractivity (Wildman–Crippen MR) is 137 cm³/mol. The Morgan fingerprint density at radius 1 is 1.18 bits per heavy atom. The fourth-order valence-corrected chi connectivity index (χ4v) is 4.46. The van der Waals surface area contributed by atoms with Gasteiger partial charge in [-0.15, -0.1) is 0 Å². The van der Waals surface area contributed by atoms with Gasteiger partial charge in [-0.3, -0.25) is 14.3 Å². The van der Waals surface area contributed by atoms with Crippen molar-refractivity contribution in [3.05, 3.63) is 77.5 Å². The molecule has 0 bridgehead atoms. The van der Waals surface area contributed by atoms with Crippen LogP contribution in [0.3, 0.4) is 0 Å². The number of aryl methyl sites for hydroxylation is 1. The first kappa shape index (κ1) is 26.8. The SMILES string of the molecule is COc1cccc(C2CC(C(F)(F)F)n3nc(C(=O)Nc4cc(C)n(CC(=O)NCc5ccco5)n4)cc3N2)c1. The second-order valence-electron chi connectivity index (χ2n) is 9.26. The zero-order valence-corrected chi connectivity index (χ0v) is 21.5. The number of nitrogens with zero attached hydrogens (tertiary/aromatic N) is 4. The number of ether oxygens (including phenoxy) is 1. The number of halogens is 3. The maximum Gasteiger partial charge on any atom is 0.410 e.